The molecular weight excluding hydrogens is 194 g/mol. The average Bonchev–Trinajstić information content (AvgIpc) is 2.86. The van der Waals surface area contributed by atoms with Gasteiger partial charge < -0.3 is 5.73 Å². The molecule has 0 heterocycles. The number of hydrogen-bond acceptors (Lipinski definition) is 1. The van der Waals surface area contributed by atoms with Crippen LogP contribution in [0.1, 0.15) is 29.5 Å². The van der Waals surface area contributed by atoms with Gasteiger partial charge in [0.25, 0.3) is 0 Å². The molecule has 0 aliphatic heterocycles. The molecule has 2 heteroatoms. The van der Waals surface area contributed by atoms with Gasteiger partial charge in [0, 0.05) is 10.6 Å². The lowest BCUT2D eigenvalue weighted by Crippen LogP contribution is -2.25. The Morgan fingerprint density at radius 2 is 2.00 bits per heavy atom. The molecule has 0 saturated heterocycles. The summed E-state index contributed by atoms with van der Waals surface area (Å²) in [6, 6.07) is 4.04. The SMILES string of the molecule is Cc1ccc(Cl)c(CC2(N)CC2)c1C. The van der Waals surface area contributed by atoms with Crippen molar-refractivity contribution in [1.82, 2.24) is 0 Å². The van der Waals surface area contributed by atoms with Gasteiger partial charge in [0.2, 0.25) is 0 Å². The van der Waals surface area contributed by atoms with E-state index < -0.39 is 0 Å². The molecule has 2 rings (SSSR count). The third kappa shape index (κ3) is 1.79. The van der Waals surface area contributed by atoms with Gasteiger partial charge in [0.1, 0.15) is 0 Å². The Labute approximate surface area is 90.3 Å². The second-order valence-electron chi connectivity index (χ2n) is 4.51. The molecule has 1 aromatic rings. The van der Waals surface area contributed by atoms with E-state index in [2.05, 4.69) is 19.9 Å². The normalized spacial score (nSPS) is 18.3. The molecule has 0 atom stereocenters. The molecule has 1 aliphatic carbocycles. The van der Waals surface area contributed by atoms with Crippen molar-refractivity contribution in [2.75, 3.05) is 0 Å². The van der Waals surface area contributed by atoms with Crippen LogP contribution in [-0.4, -0.2) is 5.54 Å². The van der Waals surface area contributed by atoms with Gasteiger partial charge in [0.05, 0.1) is 0 Å². The van der Waals surface area contributed by atoms with Crippen LogP contribution >= 0.6 is 11.6 Å². The van der Waals surface area contributed by atoms with Crippen molar-refractivity contribution >= 4 is 11.6 Å². The molecule has 1 nitrogen and oxygen atoms in total. The lowest BCUT2D eigenvalue weighted by Gasteiger charge is -2.14. The first-order valence-corrected chi connectivity index (χ1v) is 5.43. The second-order valence-corrected chi connectivity index (χ2v) is 4.91. The van der Waals surface area contributed by atoms with Crippen LogP contribution in [0.2, 0.25) is 5.02 Å². The number of benzene rings is 1. The maximum atomic E-state index is 6.18. The Morgan fingerprint density at radius 3 is 2.57 bits per heavy atom. The van der Waals surface area contributed by atoms with E-state index in [0.717, 1.165) is 24.3 Å². The van der Waals surface area contributed by atoms with Crippen molar-refractivity contribution in [1.29, 1.82) is 0 Å². The average molecular weight is 210 g/mol. The Balaban J connectivity index is 2.35. The lowest BCUT2D eigenvalue weighted by atomic mass is 9.97. The minimum absolute atomic E-state index is 0.0438. The number of hydrogen-bond donors (Lipinski definition) is 1. The van der Waals surface area contributed by atoms with Gasteiger partial charge in [0.15, 0.2) is 0 Å². The molecule has 1 aliphatic rings. The molecule has 1 saturated carbocycles. The van der Waals surface area contributed by atoms with Gasteiger partial charge in [-0.25, -0.2) is 0 Å². The zero-order valence-electron chi connectivity index (χ0n) is 8.73. The van der Waals surface area contributed by atoms with Crippen molar-refractivity contribution in [3.63, 3.8) is 0 Å². The van der Waals surface area contributed by atoms with E-state index in [1.807, 2.05) is 6.07 Å². The van der Waals surface area contributed by atoms with Crippen LogP contribution < -0.4 is 5.73 Å². The molecule has 0 aromatic heterocycles. The first-order valence-electron chi connectivity index (χ1n) is 5.05. The molecule has 0 amide bonds. The van der Waals surface area contributed by atoms with Crippen molar-refractivity contribution < 1.29 is 0 Å². The van der Waals surface area contributed by atoms with E-state index in [0.29, 0.717) is 0 Å². The molecular formula is C12H16ClN. The quantitative estimate of drug-likeness (QED) is 0.797. The predicted molar refractivity (Wildman–Crippen MR) is 60.8 cm³/mol. The molecule has 14 heavy (non-hydrogen) atoms. The van der Waals surface area contributed by atoms with E-state index in [-0.39, 0.29) is 5.54 Å². The van der Waals surface area contributed by atoms with Gasteiger partial charge in [-0.2, -0.15) is 0 Å². The summed E-state index contributed by atoms with van der Waals surface area (Å²) in [5, 5.41) is 0.866. The molecule has 1 fully saturated rings. The summed E-state index contributed by atoms with van der Waals surface area (Å²) in [5.74, 6) is 0. The Hall–Kier alpha value is -0.530. The van der Waals surface area contributed by atoms with Crippen LogP contribution in [0.3, 0.4) is 0 Å². The maximum Gasteiger partial charge on any atom is 0.0441 e. The summed E-state index contributed by atoms with van der Waals surface area (Å²) in [4.78, 5) is 0. The smallest absolute Gasteiger partial charge is 0.0441 e. The van der Waals surface area contributed by atoms with Crippen molar-refractivity contribution in [2.45, 2.75) is 38.6 Å². The van der Waals surface area contributed by atoms with Crippen LogP contribution in [0, 0.1) is 13.8 Å². The van der Waals surface area contributed by atoms with Gasteiger partial charge in [-0.3, -0.25) is 0 Å². The van der Waals surface area contributed by atoms with Crippen LogP contribution in [-0.2, 0) is 6.42 Å². The number of rotatable bonds is 2. The predicted octanol–water partition coefficient (Wildman–Crippen LogP) is 2.99. The summed E-state index contributed by atoms with van der Waals surface area (Å²) < 4.78 is 0. The summed E-state index contributed by atoms with van der Waals surface area (Å²) in [5.41, 5.74) is 9.99. The molecule has 0 unspecified atom stereocenters. The Bertz CT molecular complexity index is 367. The van der Waals surface area contributed by atoms with E-state index >= 15 is 0 Å². The van der Waals surface area contributed by atoms with E-state index in [9.17, 15) is 0 Å². The largest absolute Gasteiger partial charge is 0.325 e. The number of nitrogens with two attached hydrogens (primary N) is 1. The Kier molecular flexibility index (Phi) is 2.32. The highest BCUT2D eigenvalue weighted by molar-refractivity contribution is 6.31. The minimum atomic E-state index is 0.0438. The first-order chi connectivity index (χ1) is 6.52. The van der Waals surface area contributed by atoms with Crippen molar-refractivity contribution in [2.24, 2.45) is 5.73 Å². The topological polar surface area (TPSA) is 26.0 Å². The zero-order valence-corrected chi connectivity index (χ0v) is 9.49. The number of halogens is 1. The fourth-order valence-electron chi connectivity index (χ4n) is 1.75. The van der Waals surface area contributed by atoms with Gasteiger partial charge in [-0.05, 0) is 55.9 Å². The first kappa shape index (κ1) is 10.0. The van der Waals surface area contributed by atoms with Crippen molar-refractivity contribution in [3.8, 4) is 0 Å². The molecule has 0 bridgehead atoms. The van der Waals surface area contributed by atoms with Gasteiger partial charge >= 0.3 is 0 Å². The summed E-state index contributed by atoms with van der Waals surface area (Å²) in [6.45, 7) is 4.24. The fourth-order valence-corrected chi connectivity index (χ4v) is 2.02. The standard InChI is InChI=1S/C12H16ClN/c1-8-3-4-11(13)10(9(8)2)7-12(14)5-6-12/h3-4H,5-7,14H2,1-2H3. The van der Waals surface area contributed by atoms with Crippen LogP contribution in [0.4, 0.5) is 0 Å². The minimum Gasteiger partial charge on any atom is -0.325 e. The van der Waals surface area contributed by atoms with Crippen molar-refractivity contribution in [3.05, 3.63) is 33.8 Å². The molecule has 0 spiro atoms. The fraction of sp³-hybridized carbons (Fsp3) is 0.500. The second kappa shape index (κ2) is 3.25. The highest BCUT2D eigenvalue weighted by atomic mass is 35.5. The van der Waals surface area contributed by atoms with Crippen LogP contribution in [0.5, 0.6) is 0 Å². The van der Waals surface area contributed by atoms with Gasteiger partial charge in [-0.1, -0.05) is 17.7 Å². The maximum absolute atomic E-state index is 6.18. The molecule has 0 radical (unpaired) electrons. The molecule has 2 N–H and O–H groups in total. The zero-order chi connectivity index (χ0) is 10.3. The van der Waals surface area contributed by atoms with E-state index in [4.69, 9.17) is 17.3 Å². The van der Waals surface area contributed by atoms with Crippen LogP contribution in [0.25, 0.3) is 0 Å². The summed E-state index contributed by atoms with van der Waals surface area (Å²) in [6.07, 6.45) is 3.20. The summed E-state index contributed by atoms with van der Waals surface area (Å²) in [7, 11) is 0. The molecule has 1 aromatic carbocycles. The summed E-state index contributed by atoms with van der Waals surface area (Å²) >= 11 is 6.18. The van der Waals surface area contributed by atoms with E-state index in [1.165, 1.54) is 16.7 Å². The third-order valence-corrected chi connectivity index (χ3v) is 3.59. The van der Waals surface area contributed by atoms with E-state index in [1.54, 1.807) is 0 Å². The van der Waals surface area contributed by atoms with Gasteiger partial charge in [-0.15, -0.1) is 0 Å². The third-order valence-electron chi connectivity index (χ3n) is 3.23. The lowest BCUT2D eigenvalue weighted by molar-refractivity contribution is 0.669. The highest BCUT2D eigenvalue weighted by Crippen LogP contribution is 2.38. The monoisotopic (exact) mass is 209 g/mol. The number of aryl methyl sites for hydroxylation is 1. The molecule has 76 valence electrons. The van der Waals surface area contributed by atoms with Crippen LogP contribution in [0.15, 0.2) is 12.1 Å². The highest BCUT2D eigenvalue weighted by Gasteiger charge is 2.38. The Morgan fingerprint density at radius 1 is 1.36 bits per heavy atom.